The van der Waals surface area contributed by atoms with Crippen molar-refractivity contribution < 1.29 is 4.74 Å². The number of thiophene rings is 1. The molecule has 0 radical (unpaired) electrons. The average Bonchev–Trinajstić information content (AvgIpc) is 2.88. The minimum atomic E-state index is -0.0646. The van der Waals surface area contributed by atoms with E-state index in [1.807, 2.05) is 12.1 Å². The van der Waals surface area contributed by atoms with Gasteiger partial charge in [-0.05, 0) is 36.4 Å². The molecule has 3 aromatic carbocycles. The maximum absolute atomic E-state index is 5.29. The Labute approximate surface area is 154 Å². The van der Waals surface area contributed by atoms with Gasteiger partial charge in [-0.1, -0.05) is 31.9 Å². The Morgan fingerprint density at radius 2 is 1.26 bits per heavy atom. The Hall–Kier alpha value is -1.36. The van der Waals surface area contributed by atoms with Gasteiger partial charge in [0.05, 0.1) is 7.11 Å². The van der Waals surface area contributed by atoms with Crippen LogP contribution in [0.25, 0.3) is 25.1 Å². The van der Waals surface area contributed by atoms with E-state index in [-0.39, 0.29) is 10.5 Å². The number of hydrogen-bond acceptors (Lipinski definition) is 1. The molecule has 23 heavy (non-hydrogen) atoms. The Bertz CT molecular complexity index is 960. The minimum Gasteiger partial charge on any atom is -0.497 e. The molecule has 0 saturated carbocycles. The summed E-state index contributed by atoms with van der Waals surface area (Å²) in [4.78, 5) is 1.32. The summed E-state index contributed by atoms with van der Waals surface area (Å²) in [7, 11) is 1.64. The number of hydrogen-bond donors (Lipinski definition) is 0. The Kier molecular flexibility index (Phi) is 3.92. The monoisotopic (exact) mass is 447 g/mol. The van der Waals surface area contributed by atoms with Gasteiger partial charge in [-0.3, -0.25) is 0 Å². The smallest absolute Gasteiger partial charge is 0.187 e. The molecule has 0 fully saturated rings. The summed E-state index contributed by atoms with van der Waals surface area (Å²) in [5, 5.41) is 2.63. The highest BCUT2D eigenvalue weighted by molar-refractivity contribution is 9.10. The van der Waals surface area contributed by atoms with E-state index >= 15 is 0 Å². The number of fused-ring (bicyclic) bond motifs is 3. The lowest BCUT2D eigenvalue weighted by Crippen LogP contribution is -1.80. The minimum absolute atomic E-state index is 0.0646. The number of methoxy groups -OCH3 is 1. The van der Waals surface area contributed by atoms with Gasteiger partial charge in [0, 0.05) is 54.5 Å². The van der Waals surface area contributed by atoms with Crippen molar-refractivity contribution in [2.45, 2.75) is 0 Å². The zero-order valence-corrected chi connectivity index (χ0v) is 16.3. The fourth-order valence-electron chi connectivity index (χ4n) is 2.87. The molecule has 1 aromatic heterocycles. The van der Waals surface area contributed by atoms with Crippen LogP contribution >= 0.6 is 42.3 Å². The van der Waals surface area contributed by atoms with E-state index in [2.05, 4.69) is 80.4 Å². The molecule has 0 aliphatic carbocycles. The SMILES string of the molecule is COc1ccc(-[s+]2c3ccc(Br)cc3c3cc(Br)ccc32)cc1. The molecule has 0 aliphatic rings. The highest BCUT2D eigenvalue weighted by Crippen LogP contribution is 2.49. The molecule has 1 nitrogen and oxygen atoms in total. The number of ether oxygens (including phenoxy) is 1. The van der Waals surface area contributed by atoms with Crippen molar-refractivity contribution in [2.24, 2.45) is 0 Å². The molecule has 4 rings (SSSR count). The maximum Gasteiger partial charge on any atom is 0.187 e. The van der Waals surface area contributed by atoms with Crippen molar-refractivity contribution in [3.05, 3.63) is 69.6 Å². The van der Waals surface area contributed by atoms with Crippen molar-refractivity contribution >= 4 is 62.5 Å². The fourth-order valence-corrected chi connectivity index (χ4v) is 5.93. The normalized spacial score (nSPS) is 11.3. The lowest BCUT2D eigenvalue weighted by Gasteiger charge is -1.98. The van der Waals surface area contributed by atoms with Crippen molar-refractivity contribution in [2.75, 3.05) is 7.11 Å². The number of rotatable bonds is 2. The van der Waals surface area contributed by atoms with E-state index in [0.29, 0.717) is 0 Å². The summed E-state index contributed by atoms with van der Waals surface area (Å²) in [6.45, 7) is 0. The molecule has 0 N–H and O–H groups in total. The summed E-state index contributed by atoms with van der Waals surface area (Å²) in [6.07, 6.45) is 0. The van der Waals surface area contributed by atoms with Crippen molar-refractivity contribution in [1.29, 1.82) is 0 Å². The summed E-state index contributed by atoms with van der Waals surface area (Å²) < 4.78 is 10.3. The van der Waals surface area contributed by atoms with Crippen LogP contribution in [0.1, 0.15) is 0 Å². The van der Waals surface area contributed by atoms with Crippen molar-refractivity contribution in [3.63, 3.8) is 0 Å². The summed E-state index contributed by atoms with van der Waals surface area (Å²) in [5.74, 6) is 0.892. The maximum atomic E-state index is 5.29. The predicted octanol–water partition coefficient (Wildman–Crippen LogP) is 7.26. The highest BCUT2D eigenvalue weighted by Gasteiger charge is 2.24. The van der Waals surface area contributed by atoms with Crippen LogP contribution in [0.3, 0.4) is 0 Å². The third-order valence-corrected chi connectivity index (χ3v) is 7.23. The Balaban J connectivity index is 2.10. The first-order valence-electron chi connectivity index (χ1n) is 7.15. The standard InChI is InChI=1S/C19H13Br2OS/c1-22-14-4-6-15(7-5-14)23-18-8-2-12(20)10-16(18)17-11-13(21)3-9-19(17)23/h2-11H,1H3/q+1. The van der Waals surface area contributed by atoms with E-state index in [0.717, 1.165) is 14.7 Å². The second-order valence-corrected chi connectivity index (χ2v) is 9.06. The van der Waals surface area contributed by atoms with Crippen LogP contribution in [0.5, 0.6) is 5.75 Å². The molecule has 0 atom stereocenters. The molecule has 0 unspecified atom stereocenters. The van der Waals surface area contributed by atoms with E-state index in [4.69, 9.17) is 4.74 Å². The lowest BCUT2D eigenvalue weighted by molar-refractivity contribution is 0.415. The second-order valence-electron chi connectivity index (χ2n) is 5.26. The molecule has 0 aliphatic heterocycles. The molecule has 0 spiro atoms. The molecule has 1 heterocycles. The summed E-state index contributed by atoms with van der Waals surface area (Å²) >= 11 is 7.21. The van der Waals surface area contributed by atoms with Crippen LogP contribution in [0.15, 0.2) is 69.6 Å². The molecular formula is C19H13Br2OS+. The van der Waals surface area contributed by atoms with Crippen LogP contribution in [0.4, 0.5) is 0 Å². The predicted molar refractivity (Wildman–Crippen MR) is 107 cm³/mol. The van der Waals surface area contributed by atoms with Gasteiger partial charge in [0.25, 0.3) is 0 Å². The fraction of sp³-hybridized carbons (Fsp3) is 0.0526. The summed E-state index contributed by atoms with van der Waals surface area (Å²) in [6, 6.07) is 21.6. The Morgan fingerprint density at radius 1 is 0.739 bits per heavy atom. The number of benzene rings is 3. The largest absolute Gasteiger partial charge is 0.497 e. The van der Waals surface area contributed by atoms with Gasteiger partial charge in [-0.2, -0.15) is 0 Å². The van der Waals surface area contributed by atoms with Gasteiger partial charge in [0.15, 0.2) is 14.3 Å². The number of halogens is 2. The van der Waals surface area contributed by atoms with Crippen LogP contribution in [-0.2, 0) is 0 Å². The molecule has 0 bridgehead atoms. The molecule has 0 amide bonds. The van der Waals surface area contributed by atoms with Gasteiger partial charge in [-0.25, -0.2) is 0 Å². The molecule has 114 valence electrons. The molecule has 4 aromatic rings. The first-order valence-corrected chi connectivity index (χ1v) is 9.96. The molecule has 4 heteroatoms. The first-order chi connectivity index (χ1) is 11.2. The zero-order valence-electron chi connectivity index (χ0n) is 12.3. The third kappa shape index (κ3) is 2.59. The van der Waals surface area contributed by atoms with E-state index < -0.39 is 0 Å². The van der Waals surface area contributed by atoms with E-state index in [1.54, 1.807) is 7.11 Å². The lowest BCUT2D eigenvalue weighted by atomic mass is 10.2. The van der Waals surface area contributed by atoms with Crippen molar-refractivity contribution in [3.8, 4) is 10.6 Å². The van der Waals surface area contributed by atoms with Crippen LogP contribution < -0.4 is 4.74 Å². The van der Waals surface area contributed by atoms with E-state index in [1.165, 1.54) is 25.1 Å². The van der Waals surface area contributed by atoms with E-state index in [9.17, 15) is 0 Å². The van der Waals surface area contributed by atoms with Gasteiger partial charge in [-0.15, -0.1) is 0 Å². The average molecular weight is 449 g/mol. The van der Waals surface area contributed by atoms with Gasteiger partial charge in [0.2, 0.25) is 0 Å². The third-order valence-electron chi connectivity index (χ3n) is 3.91. The van der Waals surface area contributed by atoms with Gasteiger partial charge in [0.1, 0.15) is 5.75 Å². The first kappa shape index (κ1) is 15.2. The van der Waals surface area contributed by atoms with Crippen LogP contribution in [0.2, 0.25) is 0 Å². The quantitative estimate of drug-likeness (QED) is 0.293. The topological polar surface area (TPSA) is 9.23 Å². The summed E-state index contributed by atoms with van der Waals surface area (Å²) in [5.41, 5.74) is 0. The zero-order chi connectivity index (χ0) is 16.0. The highest BCUT2D eigenvalue weighted by atomic mass is 79.9. The van der Waals surface area contributed by atoms with Crippen molar-refractivity contribution in [1.82, 2.24) is 0 Å². The molecular weight excluding hydrogens is 436 g/mol. The second kappa shape index (κ2) is 5.93. The molecule has 0 saturated heterocycles. The van der Waals surface area contributed by atoms with Crippen LogP contribution in [0, 0.1) is 0 Å². The van der Waals surface area contributed by atoms with Gasteiger partial charge >= 0.3 is 0 Å². The Morgan fingerprint density at radius 3 is 1.74 bits per heavy atom. The van der Waals surface area contributed by atoms with Crippen LogP contribution in [-0.4, -0.2) is 7.11 Å². The van der Waals surface area contributed by atoms with Gasteiger partial charge < -0.3 is 4.74 Å².